The Bertz CT molecular complexity index is 526. The number of hydrogen-bond acceptors (Lipinski definition) is 5. The minimum absolute atomic E-state index is 0.125. The van der Waals surface area contributed by atoms with E-state index in [1.54, 1.807) is 11.4 Å². The van der Waals surface area contributed by atoms with Crippen LogP contribution in [0.2, 0.25) is 0 Å². The largest absolute Gasteiger partial charge is 0.376 e. The maximum absolute atomic E-state index is 12.3. The van der Waals surface area contributed by atoms with Gasteiger partial charge in [0.2, 0.25) is 10.0 Å². The second kappa shape index (κ2) is 4.90. The quantitative estimate of drug-likeness (QED) is 0.868. The molecule has 1 saturated heterocycles. The Balaban J connectivity index is 2.22. The minimum Gasteiger partial charge on any atom is -0.376 e. The number of hydrogen-bond donors (Lipinski definition) is 2. The molecule has 1 aromatic heterocycles. The van der Waals surface area contributed by atoms with Crippen molar-refractivity contribution < 1.29 is 13.2 Å². The topological polar surface area (TPSA) is 81.4 Å². The highest BCUT2D eigenvalue weighted by molar-refractivity contribution is 7.89. The Morgan fingerprint density at radius 3 is 2.89 bits per heavy atom. The summed E-state index contributed by atoms with van der Waals surface area (Å²) in [6.45, 7) is 4.70. The molecule has 1 aliphatic rings. The van der Waals surface area contributed by atoms with Crippen LogP contribution in [0.4, 0.5) is 0 Å². The number of nitrogens with two attached hydrogens (primary N) is 1. The molecule has 2 unspecified atom stereocenters. The molecule has 2 rings (SSSR count). The standard InChI is InChI=1S/C11H18N2O3S2/c1-8-11(2,3-4-16-8)13-18(14,15)10-5-9(6-12)17-7-10/h5,7-8,13H,3-4,6,12H2,1-2H3. The van der Waals surface area contributed by atoms with Gasteiger partial charge in [-0.05, 0) is 26.3 Å². The lowest BCUT2D eigenvalue weighted by Gasteiger charge is -2.28. The van der Waals surface area contributed by atoms with Gasteiger partial charge in [-0.15, -0.1) is 11.3 Å². The zero-order valence-electron chi connectivity index (χ0n) is 10.5. The first-order valence-corrected chi connectivity index (χ1v) is 8.17. The summed E-state index contributed by atoms with van der Waals surface area (Å²) in [7, 11) is -3.50. The lowest BCUT2D eigenvalue weighted by molar-refractivity contribution is 0.0957. The smallest absolute Gasteiger partial charge is 0.241 e. The van der Waals surface area contributed by atoms with E-state index in [1.807, 2.05) is 13.8 Å². The number of sulfonamides is 1. The molecule has 18 heavy (non-hydrogen) atoms. The van der Waals surface area contributed by atoms with Crippen molar-refractivity contribution in [2.75, 3.05) is 6.61 Å². The Hall–Kier alpha value is -0.470. The van der Waals surface area contributed by atoms with E-state index in [-0.39, 0.29) is 11.0 Å². The zero-order chi connectivity index (χ0) is 13.4. The molecule has 0 amide bonds. The lowest BCUT2D eigenvalue weighted by Crippen LogP contribution is -2.50. The Morgan fingerprint density at radius 2 is 2.39 bits per heavy atom. The third kappa shape index (κ3) is 2.60. The van der Waals surface area contributed by atoms with Gasteiger partial charge in [0.25, 0.3) is 0 Å². The lowest BCUT2D eigenvalue weighted by atomic mass is 9.97. The van der Waals surface area contributed by atoms with Gasteiger partial charge in [-0.1, -0.05) is 0 Å². The van der Waals surface area contributed by atoms with E-state index >= 15 is 0 Å². The molecule has 0 aliphatic carbocycles. The molecule has 1 aliphatic heterocycles. The summed E-state index contributed by atoms with van der Waals surface area (Å²) < 4.78 is 32.7. The molecule has 1 fully saturated rings. The number of thiophene rings is 1. The van der Waals surface area contributed by atoms with E-state index < -0.39 is 15.6 Å². The molecular weight excluding hydrogens is 272 g/mol. The van der Waals surface area contributed by atoms with Crippen molar-refractivity contribution in [2.24, 2.45) is 5.73 Å². The summed E-state index contributed by atoms with van der Waals surface area (Å²) >= 11 is 1.36. The van der Waals surface area contributed by atoms with E-state index in [0.29, 0.717) is 19.6 Å². The van der Waals surface area contributed by atoms with Crippen LogP contribution in [-0.2, 0) is 21.3 Å². The van der Waals surface area contributed by atoms with Crippen LogP contribution in [-0.4, -0.2) is 26.7 Å². The van der Waals surface area contributed by atoms with Crippen LogP contribution in [0.1, 0.15) is 25.1 Å². The first-order chi connectivity index (χ1) is 8.37. The molecule has 3 N–H and O–H groups in total. The number of ether oxygens (including phenoxy) is 1. The summed E-state index contributed by atoms with van der Waals surface area (Å²) in [5, 5.41) is 1.62. The van der Waals surface area contributed by atoms with Gasteiger partial charge in [0.05, 0.1) is 16.5 Å². The molecule has 2 atom stereocenters. The molecule has 102 valence electrons. The summed E-state index contributed by atoms with van der Waals surface area (Å²) in [5.74, 6) is 0. The van der Waals surface area contributed by atoms with Crippen molar-refractivity contribution in [3.05, 3.63) is 16.3 Å². The fourth-order valence-corrected chi connectivity index (χ4v) is 4.59. The summed E-state index contributed by atoms with van der Waals surface area (Å²) in [6.07, 6.45) is 0.557. The van der Waals surface area contributed by atoms with Gasteiger partial charge in [-0.3, -0.25) is 0 Å². The highest BCUT2D eigenvalue weighted by atomic mass is 32.2. The van der Waals surface area contributed by atoms with Gasteiger partial charge in [0.1, 0.15) is 0 Å². The van der Waals surface area contributed by atoms with Crippen molar-refractivity contribution in [2.45, 2.75) is 43.4 Å². The van der Waals surface area contributed by atoms with Gasteiger partial charge >= 0.3 is 0 Å². The van der Waals surface area contributed by atoms with Gasteiger partial charge in [-0.25, -0.2) is 13.1 Å². The van der Waals surface area contributed by atoms with E-state index in [2.05, 4.69) is 4.72 Å². The SMILES string of the molecule is CC1OCCC1(C)NS(=O)(=O)c1csc(CN)c1. The Morgan fingerprint density at radius 1 is 1.67 bits per heavy atom. The summed E-state index contributed by atoms with van der Waals surface area (Å²) in [5.41, 5.74) is 4.96. The second-order valence-corrected chi connectivity index (χ2v) is 7.42. The fraction of sp³-hybridized carbons (Fsp3) is 0.636. The van der Waals surface area contributed by atoms with Crippen LogP contribution in [0, 0.1) is 0 Å². The van der Waals surface area contributed by atoms with Crippen molar-refractivity contribution in [1.29, 1.82) is 0 Å². The molecule has 0 spiro atoms. The maximum Gasteiger partial charge on any atom is 0.241 e. The van der Waals surface area contributed by atoms with Crippen LogP contribution in [0.25, 0.3) is 0 Å². The van der Waals surface area contributed by atoms with Crippen LogP contribution < -0.4 is 10.5 Å². The molecule has 1 aromatic rings. The van der Waals surface area contributed by atoms with Crippen molar-refractivity contribution in [3.8, 4) is 0 Å². The molecule has 0 saturated carbocycles. The van der Waals surface area contributed by atoms with Crippen molar-refractivity contribution in [3.63, 3.8) is 0 Å². The first kappa shape index (κ1) is 14.0. The second-order valence-electron chi connectivity index (χ2n) is 4.74. The molecule has 7 heteroatoms. The van der Waals surface area contributed by atoms with Crippen molar-refractivity contribution >= 4 is 21.4 Å². The minimum atomic E-state index is -3.50. The number of rotatable bonds is 4. The van der Waals surface area contributed by atoms with E-state index in [9.17, 15) is 8.42 Å². The maximum atomic E-state index is 12.3. The fourth-order valence-electron chi connectivity index (χ4n) is 1.94. The van der Waals surface area contributed by atoms with Crippen LogP contribution in [0.5, 0.6) is 0 Å². The highest BCUT2D eigenvalue weighted by Crippen LogP contribution is 2.28. The zero-order valence-corrected chi connectivity index (χ0v) is 12.1. The molecule has 0 aromatic carbocycles. The summed E-state index contributed by atoms with van der Waals surface area (Å²) in [6, 6.07) is 1.62. The van der Waals surface area contributed by atoms with E-state index in [1.165, 1.54) is 11.3 Å². The molecule has 5 nitrogen and oxygen atoms in total. The summed E-state index contributed by atoms with van der Waals surface area (Å²) in [4.78, 5) is 1.14. The molecule has 0 bridgehead atoms. The normalized spacial score (nSPS) is 28.7. The monoisotopic (exact) mass is 290 g/mol. The Labute approximate surface area is 111 Å². The van der Waals surface area contributed by atoms with E-state index in [0.717, 1.165) is 4.88 Å². The Kier molecular flexibility index (Phi) is 3.80. The van der Waals surface area contributed by atoms with Gasteiger partial charge in [0.15, 0.2) is 0 Å². The predicted molar refractivity (Wildman–Crippen MR) is 71.0 cm³/mol. The average Bonchev–Trinajstić information content (AvgIpc) is 2.87. The van der Waals surface area contributed by atoms with Crippen molar-refractivity contribution in [1.82, 2.24) is 4.72 Å². The van der Waals surface area contributed by atoms with Crippen LogP contribution in [0.15, 0.2) is 16.3 Å². The third-order valence-corrected chi connectivity index (χ3v) is 6.09. The van der Waals surface area contributed by atoms with Gasteiger partial charge in [0, 0.05) is 23.4 Å². The van der Waals surface area contributed by atoms with Gasteiger partial charge < -0.3 is 10.5 Å². The first-order valence-electron chi connectivity index (χ1n) is 5.80. The highest BCUT2D eigenvalue weighted by Gasteiger charge is 2.40. The van der Waals surface area contributed by atoms with E-state index in [4.69, 9.17) is 10.5 Å². The van der Waals surface area contributed by atoms with Crippen LogP contribution in [0.3, 0.4) is 0 Å². The van der Waals surface area contributed by atoms with Crippen LogP contribution >= 0.6 is 11.3 Å². The average molecular weight is 290 g/mol. The van der Waals surface area contributed by atoms with Gasteiger partial charge in [-0.2, -0.15) is 0 Å². The molecule has 2 heterocycles. The third-order valence-electron chi connectivity index (χ3n) is 3.40. The molecule has 0 radical (unpaired) electrons. The predicted octanol–water partition coefficient (Wildman–Crippen LogP) is 1.05. The molecular formula is C11H18N2O3S2. The number of nitrogens with one attached hydrogen (secondary N) is 1.